The van der Waals surface area contributed by atoms with Gasteiger partial charge >= 0.3 is 0 Å². The maximum atomic E-state index is 12.6. The van der Waals surface area contributed by atoms with Gasteiger partial charge in [0.1, 0.15) is 5.75 Å². The van der Waals surface area contributed by atoms with E-state index in [9.17, 15) is 4.79 Å². The molecule has 0 saturated heterocycles. The Labute approximate surface area is 166 Å². The number of nitrogens with one attached hydrogen (secondary N) is 1. The van der Waals surface area contributed by atoms with Crippen molar-refractivity contribution in [3.63, 3.8) is 0 Å². The summed E-state index contributed by atoms with van der Waals surface area (Å²) in [5, 5.41) is 2.98. The zero-order chi connectivity index (χ0) is 19.6. The molecule has 0 bridgehead atoms. The van der Waals surface area contributed by atoms with E-state index in [0.717, 1.165) is 11.4 Å². The molecule has 0 aromatic heterocycles. The first-order chi connectivity index (χ1) is 13.7. The minimum Gasteiger partial charge on any atom is -0.494 e. The molecule has 1 amide bonds. The van der Waals surface area contributed by atoms with Gasteiger partial charge in [-0.15, -0.1) is 0 Å². The highest BCUT2D eigenvalue weighted by molar-refractivity contribution is 5.92. The number of anilines is 1. The first-order valence-corrected chi connectivity index (χ1v) is 9.56. The lowest BCUT2D eigenvalue weighted by molar-refractivity contribution is -0.117. The Morgan fingerprint density at radius 2 is 1.36 bits per heavy atom. The van der Waals surface area contributed by atoms with E-state index >= 15 is 0 Å². The Balaban J connectivity index is 1.64. The lowest BCUT2D eigenvalue weighted by Crippen LogP contribution is -2.32. The molecule has 3 aromatic rings. The lowest BCUT2D eigenvalue weighted by Gasteiger charge is -2.22. The molecule has 4 nitrogen and oxygen atoms in total. The van der Waals surface area contributed by atoms with E-state index in [-0.39, 0.29) is 5.91 Å². The van der Waals surface area contributed by atoms with Crippen LogP contribution in [0.2, 0.25) is 0 Å². The van der Waals surface area contributed by atoms with Crippen molar-refractivity contribution in [3.05, 3.63) is 96.1 Å². The van der Waals surface area contributed by atoms with Gasteiger partial charge in [-0.05, 0) is 42.3 Å². The predicted molar refractivity (Wildman–Crippen MR) is 113 cm³/mol. The maximum Gasteiger partial charge on any atom is 0.238 e. The van der Waals surface area contributed by atoms with Crippen molar-refractivity contribution in [1.82, 2.24) is 4.90 Å². The largest absolute Gasteiger partial charge is 0.494 e. The molecule has 4 heteroatoms. The second-order valence-electron chi connectivity index (χ2n) is 6.62. The Morgan fingerprint density at radius 3 is 1.86 bits per heavy atom. The molecule has 0 radical (unpaired) electrons. The van der Waals surface area contributed by atoms with E-state index in [1.807, 2.05) is 67.6 Å². The molecule has 0 spiro atoms. The molecule has 0 aliphatic rings. The molecule has 28 heavy (non-hydrogen) atoms. The quantitative estimate of drug-likeness (QED) is 0.589. The van der Waals surface area contributed by atoms with Crippen LogP contribution in [-0.2, 0) is 17.9 Å². The predicted octanol–water partition coefficient (Wildman–Crippen LogP) is 4.73. The zero-order valence-corrected chi connectivity index (χ0v) is 16.2. The summed E-state index contributed by atoms with van der Waals surface area (Å²) in [6, 6.07) is 27.9. The van der Waals surface area contributed by atoms with Gasteiger partial charge in [-0.1, -0.05) is 60.7 Å². The van der Waals surface area contributed by atoms with Crippen LogP contribution in [0.1, 0.15) is 18.1 Å². The van der Waals surface area contributed by atoms with Gasteiger partial charge in [0, 0.05) is 18.8 Å². The number of amides is 1. The molecule has 0 atom stereocenters. The normalized spacial score (nSPS) is 10.6. The van der Waals surface area contributed by atoms with Crippen LogP contribution in [0.4, 0.5) is 5.69 Å². The molecule has 0 heterocycles. The number of nitrogens with zero attached hydrogens (tertiary/aromatic N) is 1. The van der Waals surface area contributed by atoms with E-state index < -0.39 is 0 Å². The van der Waals surface area contributed by atoms with E-state index in [4.69, 9.17) is 4.74 Å². The topological polar surface area (TPSA) is 41.6 Å². The maximum absolute atomic E-state index is 12.6. The first kappa shape index (κ1) is 19.6. The summed E-state index contributed by atoms with van der Waals surface area (Å²) >= 11 is 0. The molecule has 3 aromatic carbocycles. The fraction of sp³-hybridized carbons (Fsp3) is 0.208. The molecule has 3 rings (SSSR count). The van der Waals surface area contributed by atoms with Crippen LogP contribution in [0.15, 0.2) is 84.9 Å². The fourth-order valence-corrected chi connectivity index (χ4v) is 3.06. The van der Waals surface area contributed by atoms with E-state index in [1.54, 1.807) is 0 Å². The zero-order valence-electron chi connectivity index (χ0n) is 16.2. The van der Waals surface area contributed by atoms with E-state index in [1.165, 1.54) is 11.1 Å². The first-order valence-electron chi connectivity index (χ1n) is 9.56. The van der Waals surface area contributed by atoms with Gasteiger partial charge in [0.2, 0.25) is 5.91 Å². The molecule has 0 aliphatic carbocycles. The summed E-state index contributed by atoms with van der Waals surface area (Å²) in [5.41, 5.74) is 3.15. The van der Waals surface area contributed by atoms with Crippen molar-refractivity contribution in [3.8, 4) is 5.75 Å². The van der Waals surface area contributed by atoms with Crippen LogP contribution in [0.3, 0.4) is 0 Å². The van der Waals surface area contributed by atoms with Crippen molar-refractivity contribution >= 4 is 11.6 Å². The minimum atomic E-state index is -0.0315. The minimum absolute atomic E-state index is 0.0315. The lowest BCUT2D eigenvalue weighted by atomic mass is 10.1. The number of rotatable bonds is 9. The third kappa shape index (κ3) is 6.25. The highest BCUT2D eigenvalue weighted by atomic mass is 16.5. The van der Waals surface area contributed by atoms with Gasteiger partial charge in [0.15, 0.2) is 0 Å². The van der Waals surface area contributed by atoms with Crippen molar-refractivity contribution in [2.24, 2.45) is 0 Å². The molecule has 1 N–H and O–H groups in total. The summed E-state index contributed by atoms with van der Waals surface area (Å²) in [7, 11) is 0. The molecular weight excluding hydrogens is 348 g/mol. The SMILES string of the molecule is CCOc1ccc(NC(=O)CN(Cc2ccccc2)Cc2ccccc2)cc1. The van der Waals surface area contributed by atoms with Gasteiger partial charge in [0.05, 0.1) is 13.2 Å². The Hall–Kier alpha value is -3.11. The second-order valence-corrected chi connectivity index (χ2v) is 6.62. The Morgan fingerprint density at radius 1 is 0.821 bits per heavy atom. The van der Waals surface area contributed by atoms with Crippen LogP contribution >= 0.6 is 0 Å². The second kappa shape index (κ2) is 10.3. The van der Waals surface area contributed by atoms with Crippen molar-refractivity contribution in [2.75, 3.05) is 18.5 Å². The molecule has 0 saturated carbocycles. The van der Waals surface area contributed by atoms with Crippen LogP contribution in [0, 0.1) is 0 Å². The molecule has 0 unspecified atom stereocenters. The van der Waals surface area contributed by atoms with Crippen molar-refractivity contribution in [1.29, 1.82) is 0 Å². The summed E-state index contributed by atoms with van der Waals surface area (Å²) in [5.74, 6) is 0.770. The fourth-order valence-electron chi connectivity index (χ4n) is 3.06. The number of carbonyl (C=O) groups is 1. The monoisotopic (exact) mass is 374 g/mol. The summed E-state index contributed by atoms with van der Waals surface area (Å²) in [6.45, 7) is 4.32. The van der Waals surface area contributed by atoms with Crippen LogP contribution in [0.25, 0.3) is 0 Å². The number of carbonyl (C=O) groups excluding carboxylic acids is 1. The third-order valence-electron chi connectivity index (χ3n) is 4.31. The standard InChI is InChI=1S/C24H26N2O2/c1-2-28-23-15-13-22(14-16-23)25-24(27)19-26(17-20-9-5-3-6-10-20)18-21-11-7-4-8-12-21/h3-16H,2,17-19H2,1H3,(H,25,27). The molecular formula is C24H26N2O2. The molecule has 0 aliphatic heterocycles. The highest BCUT2D eigenvalue weighted by Crippen LogP contribution is 2.16. The van der Waals surface area contributed by atoms with Gasteiger partial charge in [0.25, 0.3) is 0 Å². The number of hydrogen-bond acceptors (Lipinski definition) is 3. The number of benzene rings is 3. The molecule has 0 fully saturated rings. The van der Waals surface area contributed by atoms with Crippen LogP contribution in [0.5, 0.6) is 5.75 Å². The van der Waals surface area contributed by atoms with Crippen LogP contribution in [-0.4, -0.2) is 24.0 Å². The Bertz CT molecular complexity index is 807. The average Bonchev–Trinajstić information content (AvgIpc) is 2.71. The molecule has 144 valence electrons. The van der Waals surface area contributed by atoms with Gasteiger partial charge in [-0.3, -0.25) is 9.69 Å². The smallest absolute Gasteiger partial charge is 0.238 e. The third-order valence-corrected chi connectivity index (χ3v) is 4.31. The Kier molecular flexibility index (Phi) is 7.21. The number of ether oxygens (including phenoxy) is 1. The van der Waals surface area contributed by atoms with E-state index in [2.05, 4.69) is 34.5 Å². The summed E-state index contributed by atoms with van der Waals surface area (Å²) in [6.07, 6.45) is 0. The van der Waals surface area contributed by atoms with Crippen LogP contribution < -0.4 is 10.1 Å². The summed E-state index contributed by atoms with van der Waals surface area (Å²) < 4.78 is 5.44. The summed E-state index contributed by atoms with van der Waals surface area (Å²) in [4.78, 5) is 14.8. The van der Waals surface area contributed by atoms with E-state index in [0.29, 0.717) is 26.2 Å². The number of hydrogen-bond donors (Lipinski definition) is 1. The van der Waals surface area contributed by atoms with Gasteiger partial charge < -0.3 is 10.1 Å². The highest BCUT2D eigenvalue weighted by Gasteiger charge is 2.12. The van der Waals surface area contributed by atoms with Gasteiger partial charge in [-0.2, -0.15) is 0 Å². The average molecular weight is 374 g/mol. The van der Waals surface area contributed by atoms with Gasteiger partial charge in [-0.25, -0.2) is 0 Å². The van der Waals surface area contributed by atoms with Crippen molar-refractivity contribution < 1.29 is 9.53 Å². The van der Waals surface area contributed by atoms with Crippen molar-refractivity contribution in [2.45, 2.75) is 20.0 Å².